The van der Waals surface area contributed by atoms with Gasteiger partial charge in [-0.25, -0.2) is 0 Å². The fraction of sp³-hybridized carbons (Fsp3) is 0.524. The second-order valence-corrected chi connectivity index (χ2v) is 7.77. The van der Waals surface area contributed by atoms with E-state index in [4.69, 9.17) is 9.26 Å². The molecule has 0 radical (unpaired) electrons. The largest absolute Gasteiger partial charge is 0.492 e. The lowest BCUT2D eigenvalue weighted by Crippen LogP contribution is -2.27. The molecule has 1 aliphatic heterocycles. The van der Waals surface area contributed by atoms with Crippen molar-refractivity contribution in [3.8, 4) is 16.9 Å². The number of likely N-dealkylation sites (tertiary alicyclic amines) is 1. The van der Waals surface area contributed by atoms with E-state index in [1.807, 2.05) is 32.0 Å². The zero-order chi connectivity index (χ0) is 19.7. The molecule has 0 bridgehead atoms. The normalized spacial score (nSPS) is 19.8. The van der Waals surface area contributed by atoms with Crippen molar-refractivity contribution in [2.45, 2.75) is 39.2 Å². The number of nitrogens with one attached hydrogen (secondary N) is 1. The van der Waals surface area contributed by atoms with Crippen LogP contribution in [0.4, 0.5) is 5.69 Å². The lowest BCUT2D eigenvalue weighted by molar-refractivity contribution is -0.117. The Balaban J connectivity index is 1.53. The van der Waals surface area contributed by atoms with Gasteiger partial charge in [0.1, 0.15) is 18.1 Å². The van der Waals surface area contributed by atoms with Gasteiger partial charge in [-0.05, 0) is 51.3 Å². The van der Waals surface area contributed by atoms with Crippen LogP contribution in [0.15, 0.2) is 22.7 Å². The van der Waals surface area contributed by atoms with Crippen molar-refractivity contribution < 1.29 is 19.2 Å². The highest BCUT2D eigenvalue weighted by Gasteiger charge is 2.30. The van der Waals surface area contributed by atoms with E-state index in [0.717, 1.165) is 66.4 Å². The minimum Gasteiger partial charge on any atom is -0.492 e. The number of carbonyl (C=O) groups is 1. The number of hydrogen-bond acceptors (Lipinski definition) is 6. The average Bonchev–Trinajstić information content (AvgIpc) is 3.36. The van der Waals surface area contributed by atoms with Gasteiger partial charge in [-0.1, -0.05) is 5.16 Å². The van der Waals surface area contributed by atoms with Crippen molar-refractivity contribution in [1.82, 2.24) is 10.1 Å². The maximum atomic E-state index is 12.1. The van der Waals surface area contributed by atoms with E-state index in [1.165, 1.54) is 0 Å². The average molecular weight is 385 g/mol. The van der Waals surface area contributed by atoms with Crippen LogP contribution in [0.5, 0.6) is 5.75 Å². The van der Waals surface area contributed by atoms with Crippen LogP contribution in [0.25, 0.3) is 11.1 Å². The summed E-state index contributed by atoms with van der Waals surface area (Å²) in [5, 5.41) is 16.7. The summed E-state index contributed by atoms with van der Waals surface area (Å²) in [6, 6.07) is 5.70. The number of rotatable bonds is 7. The number of aryl methyl sites for hydroxylation is 2. The van der Waals surface area contributed by atoms with Crippen LogP contribution < -0.4 is 10.1 Å². The van der Waals surface area contributed by atoms with E-state index >= 15 is 0 Å². The van der Waals surface area contributed by atoms with Crippen LogP contribution in [0.3, 0.4) is 0 Å². The SMILES string of the molecule is Cc1noc(C)c1-c1cc(NC(=O)C2CC2)ccc1OCCN1CC[C@H](O)C1. The second kappa shape index (κ2) is 7.93. The number of aromatic nitrogens is 1. The molecule has 2 aromatic rings. The molecule has 28 heavy (non-hydrogen) atoms. The van der Waals surface area contributed by atoms with Crippen LogP contribution >= 0.6 is 0 Å². The van der Waals surface area contributed by atoms with E-state index in [1.54, 1.807) is 0 Å². The van der Waals surface area contributed by atoms with E-state index in [0.29, 0.717) is 13.2 Å². The smallest absolute Gasteiger partial charge is 0.227 e. The third kappa shape index (κ3) is 4.20. The summed E-state index contributed by atoms with van der Waals surface area (Å²) in [6.45, 7) is 6.66. The molecule has 1 atom stereocenters. The molecule has 0 spiro atoms. The van der Waals surface area contributed by atoms with Crippen molar-refractivity contribution in [3.05, 3.63) is 29.7 Å². The van der Waals surface area contributed by atoms with Gasteiger partial charge in [0, 0.05) is 36.8 Å². The quantitative estimate of drug-likeness (QED) is 0.762. The molecule has 1 saturated carbocycles. The Morgan fingerprint density at radius 3 is 2.82 bits per heavy atom. The third-order valence-corrected chi connectivity index (χ3v) is 5.41. The topological polar surface area (TPSA) is 87.8 Å². The summed E-state index contributed by atoms with van der Waals surface area (Å²) >= 11 is 0. The van der Waals surface area contributed by atoms with Gasteiger partial charge in [-0.3, -0.25) is 9.69 Å². The summed E-state index contributed by atoms with van der Waals surface area (Å²) in [5.41, 5.74) is 3.30. The number of benzene rings is 1. The number of carbonyl (C=O) groups excluding carboxylic acids is 1. The molecule has 7 nitrogen and oxygen atoms in total. The lowest BCUT2D eigenvalue weighted by atomic mass is 10.0. The molecule has 1 aromatic heterocycles. The molecule has 1 saturated heterocycles. The van der Waals surface area contributed by atoms with Gasteiger partial charge in [0.2, 0.25) is 5.91 Å². The molecule has 1 amide bonds. The van der Waals surface area contributed by atoms with Crippen molar-refractivity contribution in [1.29, 1.82) is 0 Å². The number of aliphatic hydroxyl groups is 1. The van der Waals surface area contributed by atoms with E-state index < -0.39 is 0 Å². The zero-order valence-electron chi connectivity index (χ0n) is 16.4. The van der Waals surface area contributed by atoms with E-state index in [-0.39, 0.29) is 17.9 Å². The first-order valence-electron chi connectivity index (χ1n) is 9.92. The minimum atomic E-state index is -0.229. The molecule has 0 unspecified atom stereocenters. The molecule has 4 rings (SSSR count). The highest BCUT2D eigenvalue weighted by Crippen LogP contribution is 2.37. The molecule has 2 aliphatic rings. The van der Waals surface area contributed by atoms with Crippen molar-refractivity contribution >= 4 is 11.6 Å². The number of hydrogen-bond donors (Lipinski definition) is 2. The summed E-state index contributed by atoms with van der Waals surface area (Å²) in [5.74, 6) is 1.68. The molecule has 150 valence electrons. The van der Waals surface area contributed by atoms with Gasteiger partial charge in [0.25, 0.3) is 0 Å². The molecule has 7 heteroatoms. The molecular formula is C21H27N3O4. The van der Waals surface area contributed by atoms with Crippen LogP contribution in [0, 0.1) is 19.8 Å². The maximum absolute atomic E-state index is 12.1. The van der Waals surface area contributed by atoms with Crippen molar-refractivity contribution in [2.75, 3.05) is 31.6 Å². The van der Waals surface area contributed by atoms with Crippen LogP contribution in [-0.2, 0) is 4.79 Å². The number of nitrogens with zero attached hydrogens (tertiary/aromatic N) is 2. The molecule has 1 aromatic carbocycles. The number of β-amino-alcohol motifs (C(OH)–C–C–N with tert-alkyl or cyclic N) is 1. The second-order valence-electron chi connectivity index (χ2n) is 7.77. The first-order valence-corrected chi connectivity index (χ1v) is 9.92. The Kier molecular flexibility index (Phi) is 5.37. The van der Waals surface area contributed by atoms with E-state index in [9.17, 15) is 9.90 Å². The summed E-state index contributed by atoms with van der Waals surface area (Å²) in [6.07, 6.45) is 2.52. The van der Waals surface area contributed by atoms with Crippen LogP contribution in [-0.4, -0.2) is 53.4 Å². The Bertz CT molecular complexity index is 840. The summed E-state index contributed by atoms with van der Waals surface area (Å²) < 4.78 is 11.4. The van der Waals surface area contributed by atoms with Gasteiger partial charge >= 0.3 is 0 Å². The molecule has 1 aliphatic carbocycles. The monoisotopic (exact) mass is 385 g/mol. The number of amides is 1. The van der Waals surface area contributed by atoms with E-state index in [2.05, 4.69) is 15.4 Å². The van der Waals surface area contributed by atoms with Crippen molar-refractivity contribution in [3.63, 3.8) is 0 Å². The minimum absolute atomic E-state index is 0.0750. The summed E-state index contributed by atoms with van der Waals surface area (Å²) in [4.78, 5) is 14.3. The fourth-order valence-electron chi connectivity index (χ4n) is 3.69. The fourth-order valence-corrected chi connectivity index (χ4v) is 3.69. The number of aliphatic hydroxyl groups excluding tert-OH is 1. The van der Waals surface area contributed by atoms with Gasteiger partial charge in [-0.15, -0.1) is 0 Å². The Hall–Kier alpha value is -2.38. The predicted molar refractivity (Wildman–Crippen MR) is 105 cm³/mol. The number of anilines is 1. The Morgan fingerprint density at radius 2 is 2.18 bits per heavy atom. The van der Waals surface area contributed by atoms with Gasteiger partial charge in [-0.2, -0.15) is 0 Å². The molecule has 2 N–H and O–H groups in total. The highest BCUT2D eigenvalue weighted by molar-refractivity contribution is 5.95. The zero-order valence-corrected chi connectivity index (χ0v) is 16.4. The Morgan fingerprint density at radius 1 is 1.36 bits per heavy atom. The number of ether oxygens (including phenoxy) is 1. The van der Waals surface area contributed by atoms with Gasteiger partial charge in [0.15, 0.2) is 0 Å². The standard InChI is InChI=1S/C21H27N3O4/c1-13-20(14(2)28-23-13)18-11-16(22-21(26)15-3-4-15)5-6-19(18)27-10-9-24-8-7-17(25)12-24/h5-6,11,15,17,25H,3-4,7-10,12H2,1-2H3,(H,22,26)/t17-/m0/s1. The maximum Gasteiger partial charge on any atom is 0.227 e. The third-order valence-electron chi connectivity index (χ3n) is 5.41. The first-order chi connectivity index (χ1) is 13.5. The molecule has 2 fully saturated rings. The predicted octanol–water partition coefficient (Wildman–Crippen LogP) is 2.75. The Labute approximate surface area is 164 Å². The molecular weight excluding hydrogens is 358 g/mol. The molecule has 2 heterocycles. The first kappa shape index (κ1) is 19.0. The van der Waals surface area contributed by atoms with Gasteiger partial charge in [0.05, 0.1) is 17.4 Å². The summed E-state index contributed by atoms with van der Waals surface area (Å²) in [7, 11) is 0. The van der Waals surface area contributed by atoms with Crippen LogP contribution in [0.1, 0.15) is 30.7 Å². The highest BCUT2D eigenvalue weighted by atomic mass is 16.5. The van der Waals surface area contributed by atoms with Crippen molar-refractivity contribution in [2.24, 2.45) is 5.92 Å². The lowest BCUT2D eigenvalue weighted by Gasteiger charge is -2.17. The van der Waals surface area contributed by atoms with Gasteiger partial charge < -0.3 is 19.7 Å². The van der Waals surface area contributed by atoms with Crippen LogP contribution in [0.2, 0.25) is 0 Å².